The largest absolute Gasteiger partial charge is 0.489 e. The monoisotopic (exact) mass is 320 g/mol. The van der Waals surface area contributed by atoms with Crippen LogP contribution >= 0.6 is 0 Å². The van der Waals surface area contributed by atoms with E-state index in [9.17, 15) is 0 Å². The summed E-state index contributed by atoms with van der Waals surface area (Å²) in [6, 6.07) is 23.5. The molecule has 1 heterocycles. The van der Waals surface area contributed by atoms with Crippen molar-refractivity contribution in [2.24, 2.45) is 5.73 Å². The number of nitrogens with zero attached hydrogens (tertiary/aromatic N) is 1. The Kier molecular flexibility index (Phi) is 5.43. The molecule has 0 saturated heterocycles. The molecule has 122 valence electrons. The SMILES string of the molecule is NCc1cccc(COc2ccc(OCc3ccccc3)cc2)n1. The van der Waals surface area contributed by atoms with Gasteiger partial charge in [-0.1, -0.05) is 36.4 Å². The highest BCUT2D eigenvalue weighted by atomic mass is 16.5. The van der Waals surface area contributed by atoms with Crippen molar-refractivity contribution in [3.63, 3.8) is 0 Å². The molecule has 0 fully saturated rings. The van der Waals surface area contributed by atoms with Gasteiger partial charge >= 0.3 is 0 Å². The lowest BCUT2D eigenvalue weighted by Crippen LogP contribution is -2.04. The lowest BCUT2D eigenvalue weighted by Gasteiger charge is -2.09. The molecule has 3 aromatic rings. The van der Waals surface area contributed by atoms with E-state index in [0.29, 0.717) is 19.8 Å². The van der Waals surface area contributed by atoms with Crippen LogP contribution in [0.4, 0.5) is 0 Å². The number of rotatable bonds is 7. The van der Waals surface area contributed by atoms with Crippen LogP contribution in [-0.2, 0) is 19.8 Å². The molecule has 2 N–H and O–H groups in total. The molecule has 1 aromatic heterocycles. The van der Waals surface area contributed by atoms with Gasteiger partial charge in [-0.25, -0.2) is 0 Å². The third-order valence-electron chi connectivity index (χ3n) is 3.53. The molecule has 0 aliphatic rings. The van der Waals surface area contributed by atoms with Gasteiger partial charge < -0.3 is 15.2 Å². The third kappa shape index (κ3) is 4.57. The normalized spacial score (nSPS) is 10.4. The van der Waals surface area contributed by atoms with Gasteiger partial charge in [-0.05, 0) is 42.0 Å². The van der Waals surface area contributed by atoms with E-state index in [1.54, 1.807) is 0 Å². The molecule has 4 nitrogen and oxygen atoms in total. The van der Waals surface area contributed by atoms with E-state index in [1.807, 2.05) is 72.8 Å². The van der Waals surface area contributed by atoms with Crippen LogP contribution in [0, 0.1) is 0 Å². The molecule has 0 saturated carbocycles. The second kappa shape index (κ2) is 8.13. The van der Waals surface area contributed by atoms with E-state index in [-0.39, 0.29) is 0 Å². The molecule has 0 atom stereocenters. The summed E-state index contributed by atoms with van der Waals surface area (Å²) in [6.07, 6.45) is 0. The van der Waals surface area contributed by atoms with E-state index >= 15 is 0 Å². The van der Waals surface area contributed by atoms with Crippen molar-refractivity contribution in [3.8, 4) is 11.5 Å². The standard InChI is InChI=1S/C20H20N2O2/c21-13-17-7-4-8-18(22-17)15-24-20-11-9-19(10-12-20)23-14-16-5-2-1-3-6-16/h1-12H,13-15,21H2. The van der Waals surface area contributed by atoms with E-state index in [2.05, 4.69) is 4.98 Å². The molecule has 0 amide bonds. The minimum Gasteiger partial charge on any atom is -0.489 e. The van der Waals surface area contributed by atoms with Gasteiger partial charge in [-0.3, -0.25) is 4.98 Å². The quantitative estimate of drug-likeness (QED) is 0.721. The van der Waals surface area contributed by atoms with Crippen LogP contribution in [0.15, 0.2) is 72.8 Å². The number of hydrogen-bond acceptors (Lipinski definition) is 4. The molecule has 0 aliphatic heterocycles. The summed E-state index contributed by atoms with van der Waals surface area (Å²) in [4.78, 5) is 4.41. The Morgan fingerprint density at radius 3 is 1.96 bits per heavy atom. The van der Waals surface area contributed by atoms with Crippen molar-refractivity contribution in [1.29, 1.82) is 0 Å². The number of nitrogens with two attached hydrogens (primary N) is 1. The van der Waals surface area contributed by atoms with Gasteiger partial charge in [-0.2, -0.15) is 0 Å². The number of aromatic nitrogens is 1. The first-order chi connectivity index (χ1) is 11.8. The van der Waals surface area contributed by atoms with Gasteiger partial charge in [0.25, 0.3) is 0 Å². The van der Waals surface area contributed by atoms with Crippen molar-refractivity contribution >= 4 is 0 Å². The predicted molar refractivity (Wildman–Crippen MR) is 93.7 cm³/mol. The van der Waals surface area contributed by atoms with Crippen LogP contribution in [0.1, 0.15) is 17.0 Å². The summed E-state index contributed by atoms with van der Waals surface area (Å²) in [5, 5.41) is 0. The molecule has 0 bridgehead atoms. The first kappa shape index (κ1) is 16.0. The molecule has 3 rings (SSSR count). The smallest absolute Gasteiger partial charge is 0.130 e. The zero-order chi connectivity index (χ0) is 16.6. The molecule has 4 heteroatoms. The lowest BCUT2D eigenvalue weighted by molar-refractivity contribution is 0.294. The Labute approximate surface area is 141 Å². The van der Waals surface area contributed by atoms with Crippen molar-refractivity contribution in [1.82, 2.24) is 4.98 Å². The maximum atomic E-state index is 5.76. The summed E-state index contributed by atoms with van der Waals surface area (Å²) in [6.45, 7) is 1.40. The highest BCUT2D eigenvalue weighted by molar-refractivity contribution is 5.31. The van der Waals surface area contributed by atoms with Gasteiger partial charge in [-0.15, -0.1) is 0 Å². The fraction of sp³-hybridized carbons (Fsp3) is 0.150. The number of hydrogen-bond donors (Lipinski definition) is 1. The predicted octanol–water partition coefficient (Wildman–Crippen LogP) is 3.70. The summed E-state index contributed by atoms with van der Waals surface area (Å²) < 4.78 is 11.5. The Balaban J connectivity index is 1.52. The molecule has 0 aliphatic carbocycles. The Bertz CT molecular complexity index is 758. The maximum Gasteiger partial charge on any atom is 0.130 e. The second-order valence-corrected chi connectivity index (χ2v) is 5.36. The number of benzene rings is 2. The van der Waals surface area contributed by atoms with Gasteiger partial charge in [0, 0.05) is 6.54 Å². The molecule has 0 spiro atoms. The average molecular weight is 320 g/mol. The average Bonchev–Trinajstić information content (AvgIpc) is 2.66. The summed E-state index contributed by atoms with van der Waals surface area (Å²) in [5.74, 6) is 1.59. The van der Waals surface area contributed by atoms with Crippen LogP contribution in [0.5, 0.6) is 11.5 Å². The molecular weight excluding hydrogens is 300 g/mol. The Morgan fingerprint density at radius 2 is 1.29 bits per heavy atom. The number of ether oxygens (including phenoxy) is 2. The van der Waals surface area contributed by atoms with E-state index in [1.165, 1.54) is 0 Å². The summed E-state index contributed by atoms with van der Waals surface area (Å²) in [7, 11) is 0. The minimum absolute atomic E-state index is 0.415. The van der Waals surface area contributed by atoms with E-state index in [0.717, 1.165) is 28.5 Å². The maximum absolute atomic E-state index is 5.76. The van der Waals surface area contributed by atoms with Crippen molar-refractivity contribution in [2.75, 3.05) is 0 Å². The summed E-state index contributed by atoms with van der Waals surface area (Å²) >= 11 is 0. The number of pyridine rings is 1. The lowest BCUT2D eigenvalue weighted by atomic mass is 10.2. The van der Waals surface area contributed by atoms with Crippen LogP contribution in [0.2, 0.25) is 0 Å². The van der Waals surface area contributed by atoms with Crippen molar-refractivity contribution in [2.45, 2.75) is 19.8 Å². The first-order valence-electron chi connectivity index (χ1n) is 7.88. The van der Waals surface area contributed by atoms with Crippen LogP contribution in [0.25, 0.3) is 0 Å². The topological polar surface area (TPSA) is 57.4 Å². The molecule has 0 unspecified atom stereocenters. The van der Waals surface area contributed by atoms with Gasteiger partial charge in [0.1, 0.15) is 24.7 Å². The van der Waals surface area contributed by atoms with Gasteiger partial charge in [0.2, 0.25) is 0 Å². The van der Waals surface area contributed by atoms with E-state index < -0.39 is 0 Å². The van der Waals surface area contributed by atoms with Gasteiger partial charge in [0.15, 0.2) is 0 Å². The van der Waals surface area contributed by atoms with Crippen LogP contribution in [0.3, 0.4) is 0 Å². The second-order valence-electron chi connectivity index (χ2n) is 5.36. The fourth-order valence-electron chi connectivity index (χ4n) is 2.25. The molecule has 2 aromatic carbocycles. The van der Waals surface area contributed by atoms with E-state index in [4.69, 9.17) is 15.2 Å². The first-order valence-corrected chi connectivity index (χ1v) is 7.88. The molecular formula is C20H20N2O2. The fourth-order valence-corrected chi connectivity index (χ4v) is 2.25. The highest BCUT2D eigenvalue weighted by Crippen LogP contribution is 2.19. The zero-order valence-electron chi connectivity index (χ0n) is 13.4. The Morgan fingerprint density at radius 1 is 0.667 bits per heavy atom. The van der Waals surface area contributed by atoms with Crippen LogP contribution in [-0.4, -0.2) is 4.98 Å². The van der Waals surface area contributed by atoms with Crippen molar-refractivity contribution in [3.05, 3.63) is 89.7 Å². The third-order valence-corrected chi connectivity index (χ3v) is 3.53. The minimum atomic E-state index is 0.415. The summed E-state index contributed by atoms with van der Waals surface area (Å²) in [5.41, 5.74) is 8.46. The Hall–Kier alpha value is -2.85. The van der Waals surface area contributed by atoms with Crippen molar-refractivity contribution < 1.29 is 9.47 Å². The van der Waals surface area contributed by atoms with Gasteiger partial charge in [0.05, 0.1) is 11.4 Å². The molecule has 24 heavy (non-hydrogen) atoms. The van der Waals surface area contributed by atoms with Crippen LogP contribution < -0.4 is 15.2 Å². The highest BCUT2D eigenvalue weighted by Gasteiger charge is 2.00. The molecule has 0 radical (unpaired) electrons. The zero-order valence-corrected chi connectivity index (χ0v) is 13.4.